The van der Waals surface area contributed by atoms with Gasteiger partial charge < -0.3 is 15.5 Å². The van der Waals surface area contributed by atoms with E-state index in [2.05, 4.69) is 27.5 Å². The number of hydrogen-bond acceptors (Lipinski definition) is 5. The quantitative estimate of drug-likeness (QED) is 0.674. The van der Waals surface area contributed by atoms with Gasteiger partial charge in [0.15, 0.2) is 0 Å². The molecule has 1 rings (SSSR count). The van der Waals surface area contributed by atoms with Gasteiger partial charge in [-0.05, 0) is 25.6 Å². The van der Waals surface area contributed by atoms with Crippen LogP contribution >= 0.6 is 0 Å². The lowest BCUT2D eigenvalue weighted by Gasteiger charge is -2.11. The number of aromatic nitrogens is 2. The van der Waals surface area contributed by atoms with Gasteiger partial charge in [0.2, 0.25) is 5.95 Å². The predicted molar refractivity (Wildman–Crippen MR) is 68.0 cm³/mol. The molecule has 16 heavy (non-hydrogen) atoms. The smallest absolute Gasteiger partial charge is 0.226 e. The van der Waals surface area contributed by atoms with Gasteiger partial charge >= 0.3 is 0 Å². The van der Waals surface area contributed by atoms with E-state index >= 15 is 0 Å². The van der Waals surface area contributed by atoms with E-state index in [1.54, 1.807) is 6.20 Å². The number of hydrogen-bond donors (Lipinski definition) is 2. The minimum absolute atomic E-state index is 0.733. The second kappa shape index (κ2) is 7.00. The van der Waals surface area contributed by atoms with E-state index in [9.17, 15) is 0 Å². The molecule has 5 heteroatoms. The van der Waals surface area contributed by atoms with Crippen molar-refractivity contribution in [2.45, 2.75) is 13.3 Å². The van der Waals surface area contributed by atoms with Crippen LogP contribution < -0.4 is 15.5 Å². The first kappa shape index (κ1) is 12.7. The van der Waals surface area contributed by atoms with Crippen LogP contribution in [0.4, 0.5) is 11.8 Å². The monoisotopic (exact) mass is 223 g/mol. The standard InChI is InChI=1S/C11H21N5/c1-4-12-7-5-8-13-10-6-9-14-11(15-10)16(2)3/h6,9,12H,4-5,7-8H2,1-3H3,(H,13,14,15). The summed E-state index contributed by atoms with van der Waals surface area (Å²) in [6.07, 6.45) is 2.87. The van der Waals surface area contributed by atoms with Crippen LogP contribution in [0.3, 0.4) is 0 Å². The van der Waals surface area contributed by atoms with Crippen LogP contribution in [0.1, 0.15) is 13.3 Å². The molecule has 0 saturated heterocycles. The molecule has 1 aromatic heterocycles. The first-order chi connectivity index (χ1) is 7.74. The molecule has 0 saturated carbocycles. The molecule has 0 aliphatic carbocycles. The van der Waals surface area contributed by atoms with E-state index in [4.69, 9.17) is 0 Å². The minimum atomic E-state index is 0.733. The fourth-order valence-electron chi connectivity index (χ4n) is 1.27. The van der Waals surface area contributed by atoms with Gasteiger partial charge in [-0.15, -0.1) is 0 Å². The molecule has 0 radical (unpaired) electrons. The van der Waals surface area contributed by atoms with E-state index in [0.717, 1.165) is 37.8 Å². The van der Waals surface area contributed by atoms with Crippen molar-refractivity contribution in [1.82, 2.24) is 15.3 Å². The summed E-state index contributed by atoms with van der Waals surface area (Å²) in [4.78, 5) is 10.4. The fraction of sp³-hybridized carbons (Fsp3) is 0.636. The van der Waals surface area contributed by atoms with Gasteiger partial charge in [0.25, 0.3) is 0 Å². The highest BCUT2D eigenvalue weighted by Crippen LogP contribution is 2.07. The average Bonchev–Trinajstić information content (AvgIpc) is 2.29. The van der Waals surface area contributed by atoms with Crippen LogP contribution in [0.15, 0.2) is 12.3 Å². The third kappa shape index (κ3) is 4.44. The number of rotatable bonds is 7. The first-order valence-electron chi connectivity index (χ1n) is 5.69. The van der Waals surface area contributed by atoms with Gasteiger partial charge in [-0.3, -0.25) is 0 Å². The van der Waals surface area contributed by atoms with Crippen LogP contribution in [-0.4, -0.2) is 43.7 Å². The zero-order chi connectivity index (χ0) is 11.8. The summed E-state index contributed by atoms with van der Waals surface area (Å²) in [7, 11) is 3.87. The third-order valence-corrected chi connectivity index (χ3v) is 2.13. The van der Waals surface area contributed by atoms with Crippen LogP contribution in [0.2, 0.25) is 0 Å². The molecule has 0 unspecified atom stereocenters. The maximum atomic E-state index is 4.37. The summed E-state index contributed by atoms with van der Waals surface area (Å²) >= 11 is 0. The van der Waals surface area contributed by atoms with Gasteiger partial charge in [-0.25, -0.2) is 4.98 Å². The highest BCUT2D eigenvalue weighted by atomic mass is 15.2. The summed E-state index contributed by atoms with van der Waals surface area (Å²) in [6, 6.07) is 1.89. The van der Waals surface area contributed by atoms with Gasteiger partial charge in [0, 0.05) is 26.8 Å². The van der Waals surface area contributed by atoms with Crippen molar-refractivity contribution in [3.63, 3.8) is 0 Å². The first-order valence-corrected chi connectivity index (χ1v) is 5.69. The molecule has 2 N–H and O–H groups in total. The minimum Gasteiger partial charge on any atom is -0.370 e. The van der Waals surface area contributed by atoms with Crippen LogP contribution in [0.5, 0.6) is 0 Å². The van der Waals surface area contributed by atoms with E-state index in [1.807, 2.05) is 25.1 Å². The summed E-state index contributed by atoms with van der Waals surface area (Å²) < 4.78 is 0. The second-order valence-electron chi connectivity index (χ2n) is 3.77. The Bertz CT molecular complexity index is 300. The zero-order valence-corrected chi connectivity index (χ0v) is 10.3. The van der Waals surface area contributed by atoms with Crippen molar-refractivity contribution in [1.29, 1.82) is 0 Å². The largest absolute Gasteiger partial charge is 0.370 e. The van der Waals surface area contributed by atoms with Crippen molar-refractivity contribution < 1.29 is 0 Å². The lowest BCUT2D eigenvalue weighted by Crippen LogP contribution is -2.18. The molecule has 0 bridgehead atoms. The molecule has 1 heterocycles. The molecule has 0 fully saturated rings. The Morgan fingerprint density at radius 1 is 1.31 bits per heavy atom. The van der Waals surface area contributed by atoms with E-state index in [-0.39, 0.29) is 0 Å². The molecule has 0 aliphatic heterocycles. The van der Waals surface area contributed by atoms with E-state index < -0.39 is 0 Å². The fourth-order valence-corrected chi connectivity index (χ4v) is 1.27. The normalized spacial score (nSPS) is 10.2. The molecule has 0 spiro atoms. The Labute approximate surface area is 97.3 Å². The highest BCUT2D eigenvalue weighted by molar-refractivity contribution is 5.40. The van der Waals surface area contributed by atoms with Gasteiger partial charge in [-0.2, -0.15) is 4.98 Å². The van der Waals surface area contributed by atoms with Crippen molar-refractivity contribution in [3.05, 3.63) is 12.3 Å². The van der Waals surface area contributed by atoms with Gasteiger partial charge in [0.1, 0.15) is 5.82 Å². The Morgan fingerprint density at radius 3 is 2.81 bits per heavy atom. The molecule has 1 aromatic rings. The van der Waals surface area contributed by atoms with Gasteiger partial charge in [-0.1, -0.05) is 6.92 Å². The topological polar surface area (TPSA) is 53.1 Å². The summed E-state index contributed by atoms with van der Waals surface area (Å²) in [6.45, 7) is 5.10. The van der Waals surface area contributed by atoms with Crippen molar-refractivity contribution in [2.24, 2.45) is 0 Å². The van der Waals surface area contributed by atoms with E-state index in [1.165, 1.54) is 0 Å². The molecular weight excluding hydrogens is 202 g/mol. The molecule has 90 valence electrons. The molecule has 0 atom stereocenters. The molecule has 0 amide bonds. The SMILES string of the molecule is CCNCCCNc1ccnc(N(C)C)n1. The summed E-state index contributed by atoms with van der Waals surface area (Å²) in [5.74, 6) is 1.62. The zero-order valence-electron chi connectivity index (χ0n) is 10.3. The van der Waals surface area contributed by atoms with Crippen molar-refractivity contribution in [2.75, 3.05) is 43.9 Å². The Kier molecular flexibility index (Phi) is 5.56. The summed E-state index contributed by atoms with van der Waals surface area (Å²) in [5.41, 5.74) is 0. The maximum Gasteiger partial charge on any atom is 0.226 e. The lowest BCUT2D eigenvalue weighted by molar-refractivity contribution is 0.688. The van der Waals surface area contributed by atoms with Crippen LogP contribution in [0.25, 0.3) is 0 Å². The Hall–Kier alpha value is -1.36. The van der Waals surface area contributed by atoms with Gasteiger partial charge in [0.05, 0.1) is 0 Å². The molecule has 0 aromatic carbocycles. The lowest BCUT2D eigenvalue weighted by atomic mass is 10.4. The number of anilines is 2. The molecule has 0 aliphatic rings. The van der Waals surface area contributed by atoms with Crippen molar-refractivity contribution >= 4 is 11.8 Å². The highest BCUT2D eigenvalue weighted by Gasteiger charge is 1.99. The average molecular weight is 223 g/mol. The maximum absolute atomic E-state index is 4.37. The second-order valence-corrected chi connectivity index (χ2v) is 3.77. The predicted octanol–water partition coefficient (Wildman–Crippen LogP) is 0.954. The summed E-state index contributed by atoms with van der Waals surface area (Å²) in [5, 5.41) is 6.56. The van der Waals surface area contributed by atoms with E-state index in [0.29, 0.717) is 0 Å². The molecule has 5 nitrogen and oxygen atoms in total. The Morgan fingerprint density at radius 2 is 2.12 bits per heavy atom. The number of nitrogens with one attached hydrogen (secondary N) is 2. The number of nitrogens with zero attached hydrogens (tertiary/aromatic N) is 3. The Balaban J connectivity index is 2.33. The van der Waals surface area contributed by atoms with Crippen LogP contribution in [0, 0.1) is 0 Å². The molecular formula is C11H21N5. The van der Waals surface area contributed by atoms with Crippen LogP contribution in [-0.2, 0) is 0 Å². The van der Waals surface area contributed by atoms with Crippen molar-refractivity contribution in [3.8, 4) is 0 Å². The third-order valence-electron chi connectivity index (χ3n) is 2.13.